The zero-order valence-corrected chi connectivity index (χ0v) is 21.1. The summed E-state index contributed by atoms with van der Waals surface area (Å²) in [6.07, 6.45) is 0. The van der Waals surface area contributed by atoms with Crippen LogP contribution in [0.5, 0.6) is 0 Å². The maximum absolute atomic E-state index is 12.5. The quantitative estimate of drug-likeness (QED) is 0.272. The van der Waals surface area contributed by atoms with Crippen molar-refractivity contribution in [3.05, 3.63) is 69.1 Å². The van der Waals surface area contributed by atoms with Gasteiger partial charge in [0.1, 0.15) is 5.82 Å². The molecule has 0 saturated carbocycles. The molecule has 3 rings (SSSR count). The van der Waals surface area contributed by atoms with Crippen molar-refractivity contribution in [1.29, 1.82) is 0 Å². The summed E-state index contributed by atoms with van der Waals surface area (Å²) >= 11 is 5.51. The van der Waals surface area contributed by atoms with Crippen LogP contribution in [0, 0.1) is 3.57 Å². The summed E-state index contributed by atoms with van der Waals surface area (Å²) in [7, 11) is 1.95. The number of carbonyl (C=O) groups excluding carboxylic acids is 1. The normalized spacial score (nSPS) is 11.1. The summed E-state index contributed by atoms with van der Waals surface area (Å²) in [5.74, 6) is 3.24. The number of hydrogen-bond donors (Lipinski definition) is 1. The molecule has 30 heavy (non-hydrogen) atoms. The Balaban J connectivity index is 1.52. The van der Waals surface area contributed by atoms with E-state index in [1.165, 1.54) is 20.9 Å². The second kappa shape index (κ2) is 11.2. The Morgan fingerprint density at radius 1 is 1.13 bits per heavy atom. The SMILES string of the molecule is CC(C)c1cc(I)ccc1NC(=O)CSc1nnc(CSCc2ccccc2)n1C. The molecule has 1 heterocycles. The highest BCUT2D eigenvalue weighted by atomic mass is 127. The minimum atomic E-state index is -0.0360. The van der Waals surface area contributed by atoms with E-state index in [2.05, 4.69) is 82.3 Å². The lowest BCUT2D eigenvalue weighted by atomic mass is 10.0. The summed E-state index contributed by atoms with van der Waals surface area (Å²) in [5, 5.41) is 12.4. The lowest BCUT2D eigenvalue weighted by Gasteiger charge is -2.14. The van der Waals surface area contributed by atoms with Crippen molar-refractivity contribution >= 4 is 57.7 Å². The van der Waals surface area contributed by atoms with Crippen molar-refractivity contribution in [3.8, 4) is 0 Å². The van der Waals surface area contributed by atoms with Gasteiger partial charge >= 0.3 is 0 Å². The number of nitrogens with zero attached hydrogens (tertiary/aromatic N) is 3. The van der Waals surface area contributed by atoms with Crippen molar-refractivity contribution in [2.45, 2.75) is 36.4 Å². The molecular weight excluding hydrogens is 527 g/mol. The third kappa shape index (κ3) is 6.49. The van der Waals surface area contributed by atoms with Crippen LogP contribution in [0.25, 0.3) is 0 Å². The first kappa shape index (κ1) is 23.1. The van der Waals surface area contributed by atoms with Crippen molar-refractivity contribution in [2.75, 3.05) is 11.1 Å². The van der Waals surface area contributed by atoms with Crippen LogP contribution in [0.15, 0.2) is 53.7 Å². The lowest BCUT2D eigenvalue weighted by Crippen LogP contribution is -2.16. The second-order valence-corrected chi connectivity index (χ2v) is 10.3. The van der Waals surface area contributed by atoms with Crippen LogP contribution in [-0.4, -0.2) is 26.4 Å². The number of hydrogen-bond acceptors (Lipinski definition) is 5. The summed E-state index contributed by atoms with van der Waals surface area (Å²) < 4.78 is 3.14. The molecular formula is C22H25IN4OS2. The number of nitrogens with one attached hydrogen (secondary N) is 1. The molecule has 158 valence electrons. The van der Waals surface area contributed by atoms with E-state index in [9.17, 15) is 4.79 Å². The van der Waals surface area contributed by atoms with Crippen molar-refractivity contribution in [2.24, 2.45) is 7.05 Å². The number of halogens is 1. The molecule has 0 spiro atoms. The van der Waals surface area contributed by atoms with Crippen LogP contribution >= 0.6 is 46.1 Å². The number of aromatic nitrogens is 3. The summed E-state index contributed by atoms with van der Waals surface area (Å²) in [5.41, 5.74) is 3.33. The molecule has 0 fully saturated rings. The van der Waals surface area contributed by atoms with Crippen molar-refractivity contribution in [1.82, 2.24) is 14.8 Å². The Kier molecular flexibility index (Phi) is 8.64. The molecule has 0 bridgehead atoms. The monoisotopic (exact) mass is 552 g/mol. The predicted octanol–water partition coefficient (Wildman–Crippen LogP) is 5.71. The van der Waals surface area contributed by atoms with Gasteiger partial charge in [-0.1, -0.05) is 55.9 Å². The van der Waals surface area contributed by atoms with Gasteiger partial charge in [-0.3, -0.25) is 4.79 Å². The van der Waals surface area contributed by atoms with Crippen LogP contribution in [0.4, 0.5) is 5.69 Å². The topological polar surface area (TPSA) is 59.8 Å². The molecule has 2 aromatic carbocycles. The van der Waals surface area contributed by atoms with Gasteiger partial charge < -0.3 is 9.88 Å². The molecule has 8 heteroatoms. The van der Waals surface area contributed by atoms with Crippen LogP contribution < -0.4 is 5.32 Å². The van der Waals surface area contributed by atoms with E-state index < -0.39 is 0 Å². The first-order chi connectivity index (χ1) is 14.4. The highest BCUT2D eigenvalue weighted by Gasteiger charge is 2.14. The number of amides is 1. The van der Waals surface area contributed by atoms with Gasteiger partial charge in [-0.2, -0.15) is 0 Å². The van der Waals surface area contributed by atoms with Crippen LogP contribution in [0.1, 0.15) is 36.7 Å². The van der Waals surface area contributed by atoms with E-state index in [-0.39, 0.29) is 5.91 Å². The molecule has 1 aromatic heterocycles. The molecule has 0 unspecified atom stereocenters. The highest BCUT2D eigenvalue weighted by molar-refractivity contribution is 14.1. The zero-order valence-electron chi connectivity index (χ0n) is 17.3. The zero-order chi connectivity index (χ0) is 21.5. The number of thioether (sulfide) groups is 2. The standard InChI is InChI=1S/C22H25IN4OS2/c1-15(2)18-11-17(23)9-10-19(18)24-21(28)14-30-22-26-25-20(27(22)3)13-29-12-16-7-5-4-6-8-16/h4-11,15H,12-14H2,1-3H3,(H,24,28). The van der Waals surface area contributed by atoms with E-state index in [1.54, 1.807) is 11.8 Å². The van der Waals surface area contributed by atoms with Crippen molar-refractivity contribution in [3.63, 3.8) is 0 Å². The smallest absolute Gasteiger partial charge is 0.234 e. The number of benzene rings is 2. The van der Waals surface area contributed by atoms with E-state index in [1.807, 2.05) is 29.8 Å². The van der Waals surface area contributed by atoms with Gasteiger partial charge in [0, 0.05) is 22.1 Å². The molecule has 5 nitrogen and oxygen atoms in total. The van der Waals surface area contributed by atoms with E-state index in [4.69, 9.17) is 0 Å². The molecule has 3 aromatic rings. The number of anilines is 1. The molecule has 1 N–H and O–H groups in total. The van der Waals surface area contributed by atoms with Gasteiger partial charge in [0.25, 0.3) is 0 Å². The largest absolute Gasteiger partial charge is 0.325 e. The summed E-state index contributed by atoms with van der Waals surface area (Å²) in [6, 6.07) is 16.5. The van der Waals surface area contributed by atoms with Crippen LogP contribution in [0.3, 0.4) is 0 Å². The Bertz CT molecular complexity index is 992. The minimum Gasteiger partial charge on any atom is -0.325 e. The van der Waals surface area contributed by atoms with E-state index in [0.29, 0.717) is 11.7 Å². The van der Waals surface area contributed by atoms with Gasteiger partial charge in [0.15, 0.2) is 5.16 Å². The average molecular weight is 553 g/mol. The summed E-state index contributed by atoms with van der Waals surface area (Å²) in [6.45, 7) is 4.26. The molecule has 1 amide bonds. The summed E-state index contributed by atoms with van der Waals surface area (Å²) in [4.78, 5) is 12.5. The second-order valence-electron chi connectivity index (χ2n) is 7.16. The first-order valence-corrected chi connectivity index (χ1v) is 12.9. The Morgan fingerprint density at radius 3 is 2.63 bits per heavy atom. The van der Waals surface area contributed by atoms with Crippen molar-refractivity contribution < 1.29 is 4.79 Å². The fourth-order valence-electron chi connectivity index (χ4n) is 2.87. The fourth-order valence-corrected chi connectivity index (χ4v) is 5.08. The Labute approximate surface area is 200 Å². The number of rotatable bonds is 9. The van der Waals surface area contributed by atoms with Gasteiger partial charge in [-0.15, -0.1) is 22.0 Å². The van der Waals surface area contributed by atoms with Gasteiger partial charge in [-0.05, 0) is 57.8 Å². The molecule has 0 aliphatic rings. The van der Waals surface area contributed by atoms with Crippen LogP contribution in [0.2, 0.25) is 0 Å². The Hall–Kier alpha value is -1.52. The average Bonchev–Trinajstić information content (AvgIpc) is 3.08. The van der Waals surface area contributed by atoms with Gasteiger partial charge in [0.05, 0.1) is 11.5 Å². The molecule has 0 aliphatic heterocycles. The van der Waals surface area contributed by atoms with Crippen LogP contribution in [-0.2, 0) is 23.3 Å². The Morgan fingerprint density at radius 2 is 1.90 bits per heavy atom. The molecule has 0 atom stereocenters. The minimum absolute atomic E-state index is 0.0360. The third-order valence-electron chi connectivity index (χ3n) is 4.51. The predicted molar refractivity (Wildman–Crippen MR) is 135 cm³/mol. The molecule has 0 radical (unpaired) electrons. The molecule has 0 aliphatic carbocycles. The fraction of sp³-hybridized carbons (Fsp3) is 0.318. The first-order valence-electron chi connectivity index (χ1n) is 9.66. The molecule has 0 saturated heterocycles. The lowest BCUT2D eigenvalue weighted by molar-refractivity contribution is -0.113. The van der Waals surface area contributed by atoms with Gasteiger partial charge in [-0.25, -0.2) is 0 Å². The highest BCUT2D eigenvalue weighted by Crippen LogP contribution is 2.27. The van der Waals surface area contributed by atoms with Gasteiger partial charge in [0.2, 0.25) is 5.91 Å². The maximum Gasteiger partial charge on any atom is 0.234 e. The van der Waals surface area contributed by atoms with E-state index in [0.717, 1.165) is 33.7 Å². The van der Waals surface area contributed by atoms with E-state index >= 15 is 0 Å². The number of carbonyl (C=O) groups is 1. The maximum atomic E-state index is 12.5. The third-order valence-corrected chi connectivity index (χ3v) is 7.20.